The summed E-state index contributed by atoms with van der Waals surface area (Å²) in [6.07, 6.45) is 0.0277. The monoisotopic (exact) mass is 495 g/mol. The SMILES string of the molecule is CC(=O)Nc1ccc(S(=O)(=O)NCc2ccc(C(=O)NCc3ccccc3OC(C)C)cc2)cc1. The van der Waals surface area contributed by atoms with Gasteiger partial charge >= 0.3 is 0 Å². The quantitative estimate of drug-likeness (QED) is 0.396. The molecule has 3 aromatic carbocycles. The molecule has 0 aliphatic heterocycles. The van der Waals surface area contributed by atoms with Crippen molar-refractivity contribution in [3.63, 3.8) is 0 Å². The first-order valence-corrected chi connectivity index (χ1v) is 12.6. The molecule has 35 heavy (non-hydrogen) atoms. The largest absolute Gasteiger partial charge is 0.491 e. The summed E-state index contributed by atoms with van der Waals surface area (Å²) in [5.41, 5.74) is 2.56. The van der Waals surface area contributed by atoms with E-state index in [4.69, 9.17) is 4.74 Å². The van der Waals surface area contributed by atoms with Crippen LogP contribution in [0.4, 0.5) is 5.69 Å². The smallest absolute Gasteiger partial charge is 0.251 e. The molecule has 2 amide bonds. The van der Waals surface area contributed by atoms with Crippen molar-refractivity contribution in [2.45, 2.75) is 44.9 Å². The van der Waals surface area contributed by atoms with Gasteiger partial charge in [-0.2, -0.15) is 0 Å². The number of amides is 2. The summed E-state index contributed by atoms with van der Waals surface area (Å²) in [6.45, 7) is 5.66. The Morgan fingerprint density at radius 2 is 1.54 bits per heavy atom. The van der Waals surface area contributed by atoms with E-state index < -0.39 is 10.0 Å². The zero-order valence-corrected chi connectivity index (χ0v) is 20.7. The number of carbonyl (C=O) groups is 2. The molecule has 3 rings (SSSR count). The van der Waals surface area contributed by atoms with E-state index in [1.165, 1.54) is 31.2 Å². The van der Waals surface area contributed by atoms with Crippen LogP contribution in [-0.2, 0) is 27.9 Å². The summed E-state index contributed by atoms with van der Waals surface area (Å²) < 4.78 is 33.4. The summed E-state index contributed by atoms with van der Waals surface area (Å²) in [7, 11) is -3.74. The fourth-order valence-corrected chi connectivity index (χ4v) is 4.27. The molecular formula is C26H29N3O5S. The highest BCUT2D eigenvalue weighted by atomic mass is 32.2. The number of nitrogens with one attached hydrogen (secondary N) is 3. The first kappa shape index (κ1) is 25.9. The molecule has 0 atom stereocenters. The van der Waals surface area contributed by atoms with E-state index in [9.17, 15) is 18.0 Å². The highest BCUT2D eigenvalue weighted by Crippen LogP contribution is 2.19. The van der Waals surface area contributed by atoms with Gasteiger partial charge in [0, 0.05) is 36.8 Å². The lowest BCUT2D eigenvalue weighted by molar-refractivity contribution is -0.114. The maximum Gasteiger partial charge on any atom is 0.251 e. The topological polar surface area (TPSA) is 114 Å². The Kier molecular flexibility index (Phi) is 8.62. The Labute approximate surface area is 205 Å². The molecule has 0 bridgehead atoms. The third kappa shape index (κ3) is 7.66. The van der Waals surface area contributed by atoms with Crippen molar-refractivity contribution in [3.05, 3.63) is 89.5 Å². The van der Waals surface area contributed by atoms with Crippen LogP contribution in [0.2, 0.25) is 0 Å². The van der Waals surface area contributed by atoms with Crippen LogP contribution in [0.25, 0.3) is 0 Å². The number of para-hydroxylation sites is 1. The molecule has 0 unspecified atom stereocenters. The van der Waals surface area contributed by atoms with Gasteiger partial charge in [0.15, 0.2) is 0 Å². The lowest BCUT2D eigenvalue weighted by atomic mass is 10.1. The van der Waals surface area contributed by atoms with Crippen molar-refractivity contribution in [1.82, 2.24) is 10.0 Å². The van der Waals surface area contributed by atoms with E-state index in [1.807, 2.05) is 38.1 Å². The molecule has 0 aromatic heterocycles. The van der Waals surface area contributed by atoms with E-state index in [2.05, 4.69) is 15.4 Å². The van der Waals surface area contributed by atoms with Crippen LogP contribution in [-0.4, -0.2) is 26.3 Å². The van der Waals surface area contributed by atoms with E-state index >= 15 is 0 Å². The second kappa shape index (κ2) is 11.6. The molecule has 184 valence electrons. The summed E-state index contributed by atoms with van der Waals surface area (Å²) in [6, 6.07) is 20.1. The van der Waals surface area contributed by atoms with Crippen LogP contribution in [0.15, 0.2) is 77.7 Å². The highest BCUT2D eigenvalue weighted by Gasteiger charge is 2.14. The molecule has 0 aliphatic rings. The maximum atomic E-state index is 12.6. The normalized spacial score (nSPS) is 11.2. The highest BCUT2D eigenvalue weighted by molar-refractivity contribution is 7.89. The van der Waals surface area contributed by atoms with Crippen LogP contribution in [0, 0.1) is 0 Å². The molecule has 9 heteroatoms. The van der Waals surface area contributed by atoms with Crippen molar-refractivity contribution in [1.29, 1.82) is 0 Å². The van der Waals surface area contributed by atoms with Crippen LogP contribution in [0.3, 0.4) is 0 Å². The molecule has 0 fully saturated rings. The molecule has 0 spiro atoms. The van der Waals surface area contributed by atoms with Crippen molar-refractivity contribution in [2.24, 2.45) is 0 Å². The zero-order chi connectivity index (χ0) is 25.4. The lowest BCUT2D eigenvalue weighted by Gasteiger charge is -2.14. The van der Waals surface area contributed by atoms with Gasteiger partial charge in [-0.25, -0.2) is 13.1 Å². The average Bonchev–Trinajstić information content (AvgIpc) is 2.82. The molecule has 0 saturated carbocycles. The maximum absolute atomic E-state index is 12.6. The van der Waals surface area contributed by atoms with Gasteiger partial charge in [0.05, 0.1) is 11.0 Å². The van der Waals surface area contributed by atoms with Crippen LogP contribution in [0.1, 0.15) is 42.3 Å². The average molecular weight is 496 g/mol. The summed E-state index contributed by atoms with van der Waals surface area (Å²) in [5, 5.41) is 5.48. The predicted octanol–water partition coefficient (Wildman–Crippen LogP) is 3.84. The summed E-state index contributed by atoms with van der Waals surface area (Å²) in [4.78, 5) is 23.8. The van der Waals surface area contributed by atoms with Gasteiger partial charge < -0.3 is 15.4 Å². The first-order valence-electron chi connectivity index (χ1n) is 11.1. The molecular weight excluding hydrogens is 466 g/mol. The Balaban J connectivity index is 1.56. The Morgan fingerprint density at radius 1 is 0.886 bits per heavy atom. The van der Waals surface area contributed by atoms with Crippen LogP contribution < -0.4 is 20.1 Å². The van der Waals surface area contributed by atoms with Crippen LogP contribution in [0.5, 0.6) is 5.75 Å². The number of rotatable bonds is 10. The van der Waals surface area contributed by atoms with Crippen molar-refractivity contribution < 1.29 is 22.7 Å². The number of benzene rings is 3. The number of hydrogen-bond acceptors (Lipinski definition) is 5. The minimum absolute atomic E-state index is 0.0277. The number of carbonyl (C=O) groups excluding carboxylic acids is 2. The predicted molar refractivity (Wildman–Crippen MR) is 135 cm³/mol. The van der Waals surface area contributed by atoms with E-state index in [-0.39, 0.29) is 29.4 Å². The van der Waals surface area contributed by atoms with E-state index in [0.29, 0.717) is 23.4 Å². The lowest BCUT2D eigenvalue weighted by Crippen LogP contribution is -2.24. The molecule has 3 N–H and O–H groups in total. The standard InChI is InChI=1S/C26H29N3O5S/c1-18(2)34-25-7-5-4-6-22(25)17-27-26(31)21-10-8-20(9-11-21)16-28-35(32,33)24-14-12-23(13-15-24)29-19(3)30/h4-15,18,28H,16-17H2,1-3H3,(H,27,31)(H,29,30). The Bertz CT molecular complexity index is 1270. The van der Waals surface area contributed by atoms with Gasteiger partial charge in [-0.15, -0.1) is 0 Å². The van der Waals surface area contributed by atoms with Gasteiger partial charge in [-0.1, -0.05) is 30.3 Å². The second-order valence-corrected chi connectivity index (χ2v) is 9.95. The minimum Gasteiger partial charge on any atom is -0.491 e. The Morgan fingerprint density at radius 3 is 2.17 bits per heavy atom. The molecule has 0 radical (unpaired) electrons. The van der Waals surface area contributed by atoms with Gasteiger partial charge in [-0.05, 0) is 61.9 Å². The molecule has 0 saturated heterocycles. The van der Waals surface area contributed by atoms with E-state index in [1.54, 1.807) is 24.3 Å². The summed E-state index contributed by atoms with van der Waals surface area (Å²) >= 11 is 0. The third-order valence-electron chi connectivity index (χ3n) is 4.94. The van der Waals surface area contributed by atoms with Gasteiger partial charge in [0.25, 0.3) is 5.91 Å². The van der Waals surface area contributed by atoms with Crippen molar-refractivity contribution in [2.75, 3.05) is 5.32 Å². The Hall–Kier alpha value is -3.69. The van der Waals surface area contributed by atoms with Gasteiger partial charge in [-0.3, -0.25) is 9.59 Å². The second-order valence-electron chi connectivity index (χ2n) is 8.18. The molecule has 0 aliphatic carbocycles. The van der Waals surface area contributed by atoms with Crippen molar-refractivity contribution in [3.8, 4) is 5.75 Å². The zero-order valence-electron chi connectivity index (χ0n) is 19.9. The van der Waals surface area contributed by atoms with Gasteiger partial charge in [0.2, 0.25) is 15.9 Å². The third-order valence-corrected chi connectivity index (χ3v) is 6.36. The number of hydrogen-bond donors (Lipinski definition) is 3. The number of ether oxygens (including phenoxy) is 1. The molecule has 8 nitrogen and oxygen atoms in total. The minimum atomic E-state index is -3.74. The fraction of sp³-hybridized carbons (Fsp3) is 0.231. The molecule has 0 heterocycles. The number of sulfonamides is 1. The molecule has 3 aromatic rings. The first-order chi connectivity index (χ1) is 16.6. The van der Waals surface area contributed by atoms with Crippen molar-refractivity contribution >= 4 is 27.5 Å². The number of anilines is 1. The van der Waals surface area contributed by atoms with E-state index in [0.717, 1.165) is 11.3 Å². The summed E-state index contributed by atoms with van der Waals surface area (Å²) in [5.74, 6) is 0.256. The van der Waals surface area contributed by atoms with Crippen LogP contribution >= 0.6 is 0 Å². The van der Waals surface area contributed by atoms with Gasteiger partial charge in [0.1, 0.15) is 5.75 Å². The fourth-order valence-electron chi connectivity index (χ4n) is 3.25.